The van der Waals surface area contributed by atoms with Gasteiger partial charge in [-0.2, -0.15) is 0 Å². The van der Waals surface area contributed by atoms with Crippen LogP contribution < -0.4 is 5.46 Å². The molecule has 124 valence electrons. The summed E-state index contributed by atoms with van der Waals surface area (Å²) in [5, 5.41) is 2.95. The van der Waals surface area contributed by atoms with Crippen LogP contribution in [0.3, 0.4) is 0 Å². The lowest BCUT2D eigenvalue weighted by Crippen LogP contribution is -2.41. The van der Waals surface area contributed by atoms with E-state index in [4.69, 9.17) is 9.31 Å². The Balaban J connectivity index is 2.28. The maximum absolute atomic E-state index is 11.8. The fourth-order valence-corrected chi connectivity index (χ4v) is 2.35. The minimum Gasteiger partial charge on any atom is -0.467 e. The highest BCUT2D eigenvalue weighted by Crippen LogP contribution is 2.36. The molecule has 1 atom stereocenters. The number of nitroso groups, excluding NO2 is 1. The molecule has 7 heteroatoms. The first-order chi connectivity index (χ1) is 10.6. The Morgan fingerprint density at radius 1 is 1.13 bits per heavy atom. The average molecular weight is 319 g/mol. The van der Waals surface area contributed by atoms with Crippen molar-refractivity contribution in [3.63, 3.8) is 0 Å². The molecule has 6 nitrogen and oxygen atoms in total. The van der Waals surface area contributed by atoms with Gasteiger partial charge in [-0.1, -0.05) is 24.3 Å². The van der Waals surface area contributed by atoms with Crippen molar-refractivity contribution in [2.45, 2.75) is 51.4 Å². The fraction of sp³-hybridized carbons (Fsp3) is 0.562. The van der Waals surface area contributed by atoms with E-state index in [1.54, 1.807) is 24.3 Å². The third-order valence-electron chi connectivity index (χ3n) is 4.76. The van der Waals surface area contributed by atoms with E-state index in [2.05, 4.69) is 9.91 Å². The number of ether oxygens (including phenoxy) is 1. The number of carbonyl (C=O) groups excluding carboxylic acids is 1. The summed E-state index contributed by atoms with van der Waals surface area (Å²) in [4.78, 5) is 23.0. The normalized spacial score (nSPS) is 21.6. The van der Waals surface area contributed by atoms with Crippen LogP contribution in [0.5, 0.6) is 0 Å². The summed E-state index contributed by atoms with van der Waals surface area (Å²) in [7, 11) is 0.729. The molecule has 0 saturated carbocycles. The van der Waals surface area contributed by atoms with Crippen molar-refractivity contribution in [3.05, 3.63) is 34.7 Å². The van der Waals surface area contributed by atoms with Crippen molar-refractivity contribution in [1.82, 2.24) is 0 Å². The molecule has 1 aliphatic rings. The Morgan fingerprint density at radius 2 is 1.61 bits per heavy atom. The summed E-state index contributed by atoms with van der Waals surface area (Å²) in [6.07, 6.45) is 0. The van der Waals surface area contributed by atoms with Crippen LogP contribution in [0.1, 0.15) is 40.2 Å². The van der Waals surface area contributed by atoms with Crippen molar-refractivity contribution in [1.29, 1.82) is 0 Å². The molecule has 1 fully saturated rings. The molecule has 0 spiro atoms. The zero-order valence-electron chi connectivity index (χ0n) is 14.4. The quantitative estimate of drug-likeness (QED) is 0.483. The van der Waals surface area contributed by atoms with Crippen LogP contribution in [0.4, 0.5) is 0 Å². The van der Waals surface area contributed by atoms with Gasteiger partial charge in [0, 0.05) is 0 Å². The predicted molar refractivity (Wildman–Crippen MR) is 87.3 cm³/mol. The van der Waals surface area contributed by atoms with Gasteiger partial charge in [0.2, 0.25) is 5.54 Å². The van der Waals surface area contributed by atoms with E-state index in [0.717, 1.165) is 5.46 Å². The van der Waals surface area contributed by atoms with Crippen molar-refractivity contribution >= 4 is 18.6 Å². The Hall–Kier alpha value is -1.73. The van der Waals surface area contributed by atoms with E-state index in [-0.39, 0.29) is 0 Å². The molecule has 1 aliphatic heterocycles. The standard InChI is InChI=1S/C16H22BNO5/c1-14(2)15(3,4)23-17(22-14)12-9-7-11(8-10-12)16(5,18-20)13(19)21-6/h7-10H,1-6H3. The Bertz CT molecular complexity index is 597. The van der Waals surface area contributed by atoms with Crippen LogP contribution in [0.2, 0.25) is 0 Å². The Kier molecular flexibility index (Phi) is 4.39. The molecular formula is C16H22BNO5. The Labute approximate surface area is 136 Å². The molecule has 1 aromatic rings. The first kappa shape index (κ1) is 17.6. The van der Waals surface area contributed by atoms with E-state index >= 15 is 0 Å². The zero-order chi connectivity index (χ0) is 17.5. The highest BCUT2D eigenvalue weighted by Gasteiger charge is 2.51. The summed E-state index contributed by atoms with van der Waals surface area (Å²) >= 11 is 0. The van der Waals surface area contributed by atoms with E-state index < -0.39 is 29.8 Å². The summed E-state index contributed by atoms with van der Waals surface area (Å²) < 4.78 is 16.6. The topological polar surface area (TPSA) is 74.2 Å². The van der Waals surface area contributed by atoms with Crippen molar-refractivity contribution in [3.8, 4) is 0 Å². The van der Waals surface area contributed by atoms with Gasteiger partial charge in [-0.3, -0.25) is 0 Å². The molecule has 0 aliphatic carbocycles. The largest absolute Gasteiger partial charge is 0.494 e. The Morgan fingerprint density at radius 3 is 2.00 bits per heavy atom. The van der Waals surface area contributed by atoms with E-state index in [0.29, 0.717) is 5.56 Å². The number of carbonyl (C=O) groups is 1. The van der Waals surface area contributed by atoms with E-state index in [1.165, 1.54) is 14.0 Å². The van der Waals surface area contributed by atoms with Crippen LogP contribution in [0.15, 0.2) is 29.4 Å². The van der Waals surface area contributed by atoms with E-state index in [9.17, 15) is 9.70 Å². The van der Waals surface area contributed by atoms with Crippen LogP contribution >= 0.6 is 0 Å². The monoisotopic (exact) mass is 319 g/mol. The summed E-state index contributed by atoms with van der Waals surface area (Å²) in [6.45, 7) is 9.34. The molecule has 2 rings (SSSR count). The molecular weight excluding hydrogens is 297 g/mol. The second-order valence-corrected chi connectivity index (χ2v) is 6.87. The second kappa shape index (κ2) is 5.72. The third kappa shape index (κ3) is 2.91. The molecule has 0 aromatic heterocycles. The van der Waals surface area contributed by atoms with Gasteiger partial charge in [0.1, 0.15) is 0 Å². The van der Waals surface area contributed by atoms with Crippen molar-refractivity contribution in [2.24, 2.45) is 5.18 Å². The van der Waals surface area contributed by atoms with Crippen LogP contribution in [0, 0.1) is 4.91 Å². The molecule has 23 heavy (non-hydrogen) atoms. The van der Waals surface area contributed by atoms with Crippen molar-refractivity contribution < 1.29 is 18.8 Å². The smallest absolute Gasteiger partial charge is 0.467 e. The molecule has 1 unspecified atom stereocenters. The first-order valence-electron chi connectivity index (χ1n) is 7.46. The molecule has 0 amide bonds. The van der Waals surface area contributed by atoms with Gasteiger partial charge in [-0.25, -0.2) is 4.79 Å². The van der Waals surface area contributed by atoms with Gasteiger partial charge in [0.05, 0.1) is 18.3 Å². The van der Waals surface area contributed by atoms with Gasteiger partial charge < -0.3 is 14.0 Å². The average Bonchev–Trinajstić information content (AvgIpc) is 2.74. The first-order valence-corrected chi connectivity index (χ1v) is 7.46. The molecule has 0 bridgehead atoms. The molecule has 1 heterocycles. The van der Waals surface area contributed by atoms with Gasteiger partial charge in [0.15, 0.2) is 0 Å². The third-order valence-corrected chi connectivity index (χ3v) is 4.76. The number of rotatable bonds is 4. The fourth-order valence-electron chi connectivity index (χ4n) is 2.35. The highest BCUT2D eigenvalue weighted by atomic mass is 16.7. The maximum Gasteiger partial charge on any atom is 0.494 e. The summed E-state index contributed by atoms with van der Waals surface area (Å²) in [5.41, 5.74) is -1.16. The molecule has 0 radical (unpaired) electrons. The van der Waals surface area contributed by atoms with Gasteiger partial charge in [0.25, 0.3) is 0 Å². The van der Waals surface area contributed by atoms with Gasteiger partial charge in [-0.15, -0.1) is 4.91 Å². The minimum absolute atomic E-state index is 0.429. The number of esters is 1. The number of methoxy groups -OCH3 is 1. The molecule has 1 aromatic carbocycles. The SMILES string of the molecule is COC(=O)C(C)(N=O)c1ccc(B2OC(C)(C)C(C)(C)O2)cc1. The minimum atomic E-state index is -1.57. The lowest BCUT2D eigenvalue weighted by molar-refractivity contribution is -0.146. The van der Waals surface area contributed by atoms with Gasteiger partial charge in [-0.05, 0) is 50.8 Å². The summed E-state index contributed by atoms with van der Waals surface area (Å²) in [5.74, 6) is -0.698. The van der Waals surface area contributed by atoms with Crippen LogP contribution in [-0.2, 0) is 24.4 Å². The molecule has 1 saturated heterocycles. The number of hydrogen-bond acceptors (Lipinski definition) is 6. The second-order valence-electron chi connectivity index (χ2n) is 6.87. The number of benzene rings is 1. The van der Waals surface area contributed by atoms with Crippen LogP contribution in [0.25, 0.3) is 0 Å². The zero-order valence-corrected chi connectivity index (χ0v) is 14.4. The maximum atomic E-state index is 11.8. The lowest BCUT2D eigenvalue weighted by atomic mass is 9.78. The van der Waals surface area contributed by atoms with E-state index in [1.807, 2.05) is 27.7 Å². The lowest BCUT2D eigenvalue weighted by Gasteiger charge is -2.32. The number of nitrogens with zero attached hydrogens (tertiary/aromatic N) is 1. The van der Waals surface area contributed by atoms with Crippen LogP contribution in [-0.4, -0.2) is 31.4 Å². The summed E-state index contributed by atoms with van der Waals surface area (Å²) in [6, 6.07) is 6.87. The molecule has 0 N–H and O–H groups in total. The highest BCUT2D eigenvalue weighted by molar-refractivity contribution is 6.62. The number of hydrogen-bond donors (Lipinski definition) is 0. The van der Waals surface area contributed by atoms with Crippen molar-refractivity contribution in [2.75, 3.05) is 7.11 Å². The van der Waals surface area contributed by atoms with Gasteiger partial charge >= 0.3 is 13.1 Å². The predicted octanol–water partition coefficient (Wildman–Crippen LogP) is 2.14.